The quantitative estimate of drug-likeness (QED) is 0.581. The number of benzene rings is 1. The number of nitrogens with zero attached hydrogens (tertiary/aromatic N) is 1. The van der Waals surface area contributed by atoms with Gasteiger partial charge in [0.1, 0.15) is 10.0 Å². The van der Waals surface area contributed by atoms with Gasteiger partial charge in [-0.3, -0.25) is 9.59 Å². The number of nitrogens with one attached hydrogen (secondary N) is 2. The maximum atomic E-state index is 12.4. The molecule has 3 N–H and O–H groups in total. The van der Waals surface area contributed by atoms with Crippen molar-refractivity contribution in [1.82, 2.24) is 10.3 Å². The van der Waals surface area contributed by atoms with Gasteiger partial charge in [0.05, 0.1) is 28.4 Å². The standard InChI is InChI=1S/C17H15Cl2N3O3S/c18-14-15-12(26-16(14)19)8-11(21-15)17(25)20-9-13(24)22(6-7-23)10-4-2-1-3-5-10/h1-5,8,21,23H,6-7,9H2,(H,20,25). The zero-order valence-corrected chi connectivity index (χ0v) is 15.8. The third-order valence-corrected chi connectivity index (χ3v) is 5.64. The molecule has 0 saturated heterocycles. The number of carbonyl (C=O) groups excluding carboxylic acids is 2. The maximum absolute atomic E-state index is 12.4. The summed E-state index contributed by atoms with van der Waals surface area (Å²) in [6.07, 6.45) is 0. The van der Waals surface area contributed by atoms with Crippen LogP contribution in [0.1, 0.15) is 10.5 Å². The Morgan fingerprint density at radius 1 is 1.23 bits per heavy atom. The lowest BCUT2D eigenvalue weighted by molar-refractivity contribution is -0.117. The van der Waals surface area contributed by atoms with Gasteiger partial charge in [0.15, 0.2) is 0 Å². The van der Waals surface area contributed by atoms with Crippen molar-refractivity contribution in [2.75, 3.05) is 24.6 Å². The molecule has 136 valence electrons. The smallest absolute Gasteiger partial charge is 0.268 e. The van der Waals surface area contributed by atoms with Crippen molar-refractivity contribution >= 4 is 62.3 Å². The first kappa shape index (κ1) is 18.7. The van der Waals surface area contributed by atoms with Crippen LogP contribution in [0, 0.1) is 0 Å². The van der Waals surface area contributed by atoms with E-state index in [1.807, 2.05) is 6.07 Å². The van der Waals surface area contributed by atoms with Crippen molar-refractivity contribution in [1.29, 1.82) is 0 Å². The molecule has 26 heavy (non-hydrogen) atoms. The first-order valence-electron chi connectivity index (χ1n) is 7.72. The van der Waals surface area contributed by atoms with Crippen LogP contribution in [0.2, 0.25) is 9.36 Å². The zero-order chi connectivity index (χ0) is 18.7. The SMILES string of the molecule is O=C(NCC(=O)N(CCO)c1ccccc1)c1cc2sc(Cl)c(Cl)c2[nH]1. The highest BCUT2D eigenvalue weighted by Gasteiger charge is 2.19. The summed E-state index contributed by atoms with van der Waals surface area (Å²) >= 11 is 13.3. The number of halogens is 2. The van der Waals surface area contributed by atoms with Crippen LogP contribution in [0.15, 0.2) is 36.4 Å². The van der Waals surface area contributed by atoms with Crippen molar-refractivity contribution in [3.8, 4) is 0 Å². The number of fused-ring (bicyclic) bond motifs is 1. The first-order valence-corrected chi connectivity index (χ1v) is 9.29. The van der Waals surface area contributed by atoms with Gasteiger partial charge in [-0.05, 0) is 18.2 Å². The molecule has 2 heterocycles. The minimum Gasteiger partial charge on any atom is -0.395 e. The number of amides is 2. The second-order valence-corrected chi connectivity index (χ2v) is 7.43. The highest BCUT2D eigenvalue weighted by molar-refractivity contribution is 7.23. The van der Waals surface area contributed by atoms with Crippen LogP contribution >= 0.6 is 34.5 Å². The van der Waals surface area contributed by atoms with Gasteiger partial charge >= 0.3 is 0 Å². The van der Waals surface area contributed by atoms with E-state index in [2.05, 4.69) is 10.3 Å². The Morgan fingerprint density at radius 3 is 2.62 bits per heavy atom. The Bertz CT molecular complexity index is 940. The summed E-state index contributed by atoms with van der Waals surface area (Å²) in [7, 11) is 0. The number of H-pyrrole nitrogens is 1. The fourth-order valence-electron chi connectivity index (χ4n) is 2.49. The molecule has 3 rings (SSSR count). The Kier molecular flexibility index (Phi) is 5.83. The lowest BCUT2D eigenvalue weighted by Crippen LogP contribution is -2.41. The number of rotatable bonds is 6. The number of aliphatic hydroxyl groups excluding tert-OH is 1. The fourth-order valence-corrected chi connectivity index (χ4v) is 3.97. The van der Waals surface area contributed by atoms with Crippen molar-refractivity contribution in [3.05, 3.63) is 51.5 Å². The highest BCUT2D eigenvalue weighted by Crippen LogP contribution is 2.38. The summed E-state index contributed by atoms with van der Waals surface area (Å²) in [6, 6.07) is 10.6. The number of anilines is 1. The number of hydrogen-bond donors (Lipinski definition) is 3. The number of aromatic amines is 1. The van der Waals surface area contributed by atoms with Gasteiger partial charge < -0.3 is 20.3 Å². The summed E-state index contributed by atoms with van der Waals surface area (Å²) in [6.45, 7) is -0.235. The van der Waals surface area contributed by atoms with Crippen LogP contribution < -0.4 is 10.2 Å². The number of aliphatic hydroxyl groups is 1. The molecule has 0 spiro atoms. The Morgan fingerprint density at radius 2 is 1.96 bits per heavy atom. The normalized spacial score (nSPS) is 10.9. The third-order valence-electron chi connectivity index (χ3n) is 3.71. The van der Waals surface area contributed by atoms with Crippen molar-refractivity contribution in [2.24, 2.45) is 0 Å². The summed E-state index contributed by atoms with van der Waals surface area (Å²) in [4.78, 5) is 29.1. The monoisotopic (exact) mass is 411 g/mol. The zero-order valence-electron chi connectivity index (χ0n) is 13.5. The lowest BCUT2D eigenvalue weighted by atomic mass is 10.2. The molecule has 0 atom stereocenters. The molecular weight excluding hydrogens is 397 g/mol. The van der Waals surface area contributed by atoms with Crippen LogP contribution in [0.25, 0.3) is 10.2 Å². The highest BCUT2D eigenvalue weighted by atomic mass is 35.5. The Hall–Kier alpha value is -2.06. The Labute approximate surface area is 163 Å². The molecular formula is C17H15Cl2N3O3S. The molecule has 2 aromatic heterocycles. The minimum atomic E-state index is -0.425. The average Bonchev–Trinajstić information content (AvgIpc) is 3.17. The molecule has 0 aliphatic rings. The van der Waals surface area contributed by atoms with Crippen LogP contribution in [-0.4, -0.2) is 41.6 Å². The van der Waals surface area contributed by atoms with E-state index in [0.29, 0.717) is 26.3 Å². The number of thiophene rings is 1. The molecule has 0 aliphatic heterocycles. The van der Waals surface area contributed by atoms with E-state index in [1.54, 1.807) is 30.3 Å². The van der Waals surface area contributed by atoms with E-state index >= 15 is 0 Å². The van der Waals surface area contributed by atoms with Crippen molar-refractivity contribution in [3.63, 3.8) is 0 Å². The summed E-state index contributed by atoms with van der Waals surface area (Å²) in [5, 5.41) is 12.2. The Balaban J connectivity index is 1.67. The number of carbonyl (C=O) groups is 2. The van der Waals surface area contributed by atoms with Gasteiger partial charge in [-0.25, -0.2) is 0 Å². The van der Waals surface area contributed by atoms with Gasteiger partial charge in [0, 0.05) is 12.2 Å². The average molecular weight is 412 g/mol. The molecule has 0 saturated carbocycles. The van der Waals surface area contributed by atoms with Gasteiger partial charge in [-0.1, -0.05) is 41.4 Å². The van der Waals surface area contributed by atoms with E-state index in [1.165, 1.54) is 16.2 Å². The van der Waals surface area contributed by atoms with Crippen molar-refractivity contribution < 1.29 is 14.7 Å². The number of hydrogen-bond acceptors (Lipinski definition) is 4. The van der Waals surface area contributed by atoms with Gasteiger partial charge in [0.2, 0.25) is 5.91 Å². The molecule has 1 aromatic carbocycles. The van der Waals surface area contributed by atoms with Crippen LogP contribution in [0.5, 0.6) is 0 Å². The number of para-hydroxylation sites is 1. The van der Waals surface area contributed by atoms with Crippen LogP contribution in [0.3, 0.4) is 0 Å². The third kappa shape index (κ3) is 3.86. The predicted molar refractivity (Wildman–Crippen MR) is 104 cm³/mol. The molecule has 3 aromatic rings. The molecule has 9 heteroatoms. The first-order chi connectivity index (χ1) is 12.5. The molecule has 6 nitrogen and oxygen atoms in total. The topological polar surface area (TPSA) is 85.4 Å². The lowest BCUT2D eigenvalue weighted by Gasteiger charge is -2.22. The number of aromatic nitrogens is 1. The van der Waals surface area contributed by atoms with E-state index in [0.717, 1.165) is 4.70 Å². The van der Waals surface area contributed by atoms with E-state index in [-0.39, 0.29) is 25.6 Å². The van der Waals surface area contributed by atoms with Gasteiger partial charge in [0.25, 0.3) is 5.91 Å². The maximum Gasteiger partial charge on any atom is 0.268 e. The van der Waals surface area contributed by atoms with Gasteiger partial charge in [-0.15, -0.1) is 11.3 Å². The summed E-state index contributed by atoms with van der Waals surface area (Å²) in [5.41, 5.74) is 1.55. The minimum absolute atomic E-state index is 0.144. The van der Waals surface area contributed by atoms with Crippen LogP contribution in [-0.2, 0) is 4.79 Å². The van der Waals surface area contributed by atoms with E-state index in [9.17, 15) is 14.7 Å². The van der Waals surface area contributed by atoms with Gasteiger partial charge in [-0.2, -0.15) is 0 Å². The summed E-state index contributed by atoms with van der Waals surface area (Å²) in [5.74, 6) is -0.751. The predicted octanol–water partition coefficient (Wildman–Crippen LogP) is 3.29. The molecule has 0 bridgehead atoms. The molecule has 0 radical (unpaired) electrons. The van der Waals surface area contributed by atoms with Crippen molar-refractivity contribution in [2.45, 2.75) is 0 Å². The summed E-state index contributed by atoms with van der Waals surface area (Å²) < 4.78 is 1.22. The molecule has 0 fully saturated rings. The second-order valence-electron chi connectivity index (χ2n) is 5.40. The second kappa shape index (κ2) is 8.09. The van der Waals surface area contributed by atoms with E-state index < -0.39 is 5.91 Å². The molecule has 0 aliphatic carbocycles. The molecule has 0 unspecified atom stereocenters. The largest absolute Gasteiger partial charge is 0.395 e. The van der Waals surface area contributed by atoms with E-state index in [4.69, 9.17) is 23.2 Å². The van der Waals surface area contributed by atoms with Crippen LogP contribution in [0.4, 0.5) is 5.69 Å². The fraction of sp³-hybridized carbons (Fsp3) is 0.176. The molecule has 2 amide bonds.